The van der Waals surface area contributed by atoms with Crippen molar-refractivity contribution in [3.8, 4) is 0 Å². The molecule has 4 heteroatoms. The first kappa shape index (κ1) is 11.7. The van der Waals surface area contributed by atoms with E-state index >= 15 is 0 Å². The fraction of sp³-hybridized carbons (Fsp3) is 0.125. The van der Waals surface area contributed by atoms with Crippen LogP contribution in [0.2, 0.25) is 0 Å². The maximum absolute atomic E-state index is 10.8. The average molecular weight is 248 g/mol. The normalized spacial score (nSPS) is 8.75. The van der Waals surface area contributed by atoms with Crippen LogP contribution >= 0.6 is 11.9 Å². The third-order valence-electron chi connectivity index (χ3n) is 1.32. The molecular formula is C8H11NOSSe. The van der Waals surface area contributed by atoms with Crippen LogP contribution in [-0.2, 0) is 11.2 Å². The van der Waals surface area contributed by atoms with E-state index in [9.17, 15) is 4.79 Å². The Morgan fingerprint density at radius 1 is 1.33 bits per heavy atom. The van der Waals surface area contributed by atoms with Gasteiger partial charge in [0.15, 0.2) is 0 Å². The van der Waals surface area contributed by atoms with E-state index in [2.05, 4.69) is 0 Å². The number of hydrogen-bond acceptors (Lipinski definition) is 3. The third-order valence-corrected chi connectivity index (χ3v) is 1.73. The fourth-order valence-corrected chi connectivity index (χ4v) is 1.05. The van der Waals surface area contributed by atoms with Crippen LogP contribution < -0.4 is 5.14 Å². The molecule has 0 saturated carbocycles. The van der Waals surface area contributed by atoms with Crippen LogP contribution in [0.1, 0.15) is 5.56 Å². The van der Waals surface area contributed by atoms with E-state index in [1.807, 2.05) is 30.3 Å². The zero-order chi connectivity index (χ0) is 8.10. The van der Waals surface area contributed by atoms with Crippen molar-refractivity contribution in [2.75, 3.05) is 0 Å². The predicted molar refractivity (Wildman–Crippen MR) is 55.5 cm³/mol. The van der Waals surface area contributed by atoms with E-state index in [1.54, 1.807) is 0 Å². The molecule has 1 aromatic rings. The first-order chi connectivity index (χ1) is 5.33. The van der Waals surface area contributed by atoms with Crippen molar-refractivity contribution in [1.29, 1.82) is 0 Å². The van der Waals surface area contributed by atoms with Crippen molar-refractivity contribution in [2.45, 2.75) is 6.42 Å². The van der Waals surface area contributed by atoms with Gasteiger partial charge in [0.25, 0.3) is 0 Å². The second-order valence-electron chi connectivity index (χ2n) is 2.15. The summed E-state index contributed by atoms with van der Waals surface area (Å²) in [6, 6.07) is 9.55. The Morgan fingerprint density at radius 2 is 1.92 bits per heavy atom. The summed E-state index contributed by atoms with van der Waals surface area (Å²) in [6.45, 7) is 0. The average Bonchev–Trinajstić information content (AvgIpc) is 2.06. The van der Waals surface area contributed by atoms with Crippen LogP contribution in [0.4, 0.5) is 0 Å². The van der Waals surface area contributed by atoms with Crippen molar-refractivity contribution in [1.82, 2.24) is 0 Å². The molecule has 0 aromatic heterocycles. The Hall–Kier alpha value is -0.281. The molecule has 2 N–H and O–H groups in total. The van der Waals surface area contributed by atoms with Crippen molar-refractivity contribution in [2.24, 2.45) is 5.14 Å². The molecule has 0 radical (unpaired) electrons. The number of nitrogens with two attached hydrogens (primary N) is 1. The number of hydrogen-bond donors (Lipinski definition) is 1. The second kappa shape index (κ2) is 6.26. The minimum absolute atomic E-state index is 0. The van der Waals surface area contributed by atoms with Crippen LogP contribution in [0, 0.1) is 0 Å². The Morgan fingerprint density at radius 3 is 2.42 bits per heavy atom. The van der Waals surface area contributed by atoms with Crippen molar-refractivity contribution >= 4 is 34.1 Å². The van der Waals surface area contributed by atoms with E-state index in [0.717, 1.165) is 17.5 Å². The number of carbonyl (C=O) groups is 1. The van der Waals surface area contributed by atoms with Gasteiger partial charge in [-0.1, -0.05) is 30.3 Å². The Kier molecular flexibility index (Phi) is 6.11. The van der Waals surface area contributed by atoms with Crippen LogP contribution in [0.5, 0.6) is 0 Å². The molecule has 0 atom stereocenters. The number of rotatable bonds is 2. The standard InChI is InChI=1S/C8H9NOS.H2Se/c9-11-8(10)6-7-4-2-1-3-5-7;/h1-5H,6,9H2;1H2. The van der Waals surface area contributed by atoms with Gasteiger partial charge in [0.1, 0.15) is 0 Å². The van der Waals surface area contributed by atoms with E-state index in [0.29, 0.717) is 6.42 Å². The number of carbonyl (C=O) groups excluding carboxylic acids is 1. The molecule has 0 heterocycles. The number of benzene rings is 1. The van der Waals surface area contributed by atoms with Gasteiger partial charge in [-0.2, -0.15) is 0 Å². The van der Waals surface area contributed by atoms with Gasteiger partial charge in [0.2, 0.25) is 5.12 Å². The quantitative estimate of drug-likeness (QED) is 0.610. The summed E-state index contributed by atoms with van der Waals surface area (Å²) in [7, 11) is 0. The molecule has 0 amide bonds. The molecule has 0 unspecified atom stereocenters. The van der Waals surface area contributed by atoms with Gasteiger partial charge >= 0.3 is 17.1 Å². The van der Waals surface area contributed by atoms with Crippen molar-refractivity contribution in [3.05, 3.63) is 35.9 Å². The molecule has 0 bridgehead atoms. The Bertz CT molecular complexity index is 240. The van der Waals surface area contributed by atoms with Crippen LogP contribution in [0.25, 0.3) is 0 Å². The maximum atomic E-state index is 10.8. The molecule has 0 saturated heterocycles. The van der Waals surface area contributed by atoms with Gasteiger partial charge < -0.3 is 0 Å². The van der Waals surface area contributed by atoms with Gasteiger partial charge in [0, 0.05) is 6.42 Å². The first-order valence-electron chi connectivity index (χ1n) is 3.26. The van der Waals surface area contributed by atoms with E-state index in [1.165, 1.54) is 0 Å². The zero-order valence-electron chi connectivity index (χ0n) is 6.49. The molecule has 0 aliphatic rings. The van der Waals surface area contributed by atoms with Gasteiger partial charge in [0.05, 0.1) is 0 Å². The summed E-state index contributed by atoms with van der Waals surface area (Å²) < 4.78 is 0. The summed E-state index contributed by atoms with van der Waals surface area (Å²) in [5, 5.41) is 5.08. The molecule has 2 nitrogen and oxygen atoms in total. The Balaban J connectivity index is 0.00000121. The van der Waals surface area contributed by atoms with E-state index in [-0.39, 0.29) is 22.2 Å². The molecule has 0 aliphatic carbocycles. The minimum atomic E-state index is -0.00352. The van der Waals surface area contributed by atoms with Gasteiger partial charge in [-0.05, 0) is 17.5 Å². The molecule has 0 aliphatic heterocycles. The zero-order valence-corrected chi connectivity index (χ0v) is 9.40. The fourth-order valence-electron chi connectivity index (χ4n) is 0.804. The molecule has 0 fully saturated rings. The van der Waals surface area contributed by atoms with Gasteiger partial charge in [-0.25, -0.2) is 0 Å². The molecule has 66 valence electrons. The first-order valence-corrected chi connectivity index (χ1v) is 4.14. The van der Waals surface area contributed by atoms with Crippen LogP contribution in [0.15, 0.2) is 30.3 Å². The van der Waals surface area contributed by atoms with Crippen LogP contribution in [0.3, 0.4) is 0 Å². The third kappa shape index (κ3) is 3.93. The summed E-state index contributed by atoms with van der Waals surface area (Å²) in [5.41, 5.74) is 1.01. The summed E-state index contributed by atoms with van der Waals surface area (Å²) in [5.74, 6) is 0. The van der Waals surface area contributed by atoms with E-state index in [4.69, 9.17) is 5.14 Å². The molecule has 1 rings (SSSR count). The summed E-state index contributed by atoms with van der Waals surface area (Å²) in [6.07, 6.45) is 0.419. The monoisotopic (exact) mass is 249 g/mol. The molecule has 0 spiro atoms. The van der Waals surface area contributed by atoms with Crippen molar-refractivity contribution < 1.29 is 4.79 Å². The van der Waals surface area contributed by atoms with Crippen molar-refractivity contribution in [3.63, 3.8) is 0 Å². The van der Waals surface area contributed by atoms with Crippen LogP contribution in [-0.4, -0.2) is 22.2 Å². The SMILES string of the molecule is NSC(=O)Cc1ccccc1.[SeH2]. The Labute approximate surface area is 86.5 Å². The predicted octanol–water partition coefficient (Wildman–Crippen LogP) is 0.446. The summed E-state index contributed by atoms with van der Waals surface area (Å²) >= 11 is 0.781. The molecule has 1 aromatic carbocycles. The van der Waals surface area contributed by atoms with E-state index < -0.39 is 0 Å². The topological polar surface area (TPSA) is 43.1 Å². The molecular weight excluding hydrogens is 237 g/mol. The van der Waals surface area contributed by atoms with Gasteiger partial charge in [-0.15, -0.1) is 0 Å². The second-order valence-corrected chi connectivity index (χ2v) is 2.84. The summed E-state index contributed by atoms with van der Waals surface area (Å²) in [4.78, 5) is 10.8. The molecule has 12 heavy (non-hydrogen) atoms. The van der Waals surface area contributed by atoms with Gasteiger partial charge in [-0.3, -0.25) is 9.93 Å².